The fourth-order valence-corrected chi connectivity index (χ4v) is 5.32. The van der Waals surface area contributed by atoms with Crippen LogP contribution in [0.1, 0.15) is 46.1 Å². The van der Waals surface area contributed by atoms with Crippen LogP contribution >= 0.6 is 0 Å². The quantitative estimate of drug-likeness (QED) is 0.378. The number of alkyl halides is 3. The Kier molecular flexibility index (Phi) is 7.51. The third-order valence-electron chi connectivity index (χ3n) is 7.62. The van der Waals surface area contributed by atoms with Gasteiger partial charge in [0.15, 0.2) is 0 Å². The molecule has 2 amide bonds. The number of nitrogens with zero attached hydrogens (tertiary/aromatic N) is 3. The molecule has 5 rings (SSSR count). The maximum absolute atomic E-state index is 13.9. The van der Waals surface area contributed by atoms with Gasteiger partial charge in [-0.25, -0.2) is 9.78 Å². The Bertz CT molecular complexity index is 1350. The highest BCUT2D eigenvalue weighted by molar-refractivity contribution is 5.99. The molecule has 1 aliphatic heterocycles. The number of hydrogen-bond donors (Lipinski definition) is 3. The molecular formula is C29H33F3N6O. The second kappa shape index (κ2) is 10.9. The number of nitrogens with one attached hydrogen (secondary N) is 2. The third-order valence-corrected chi connectivity index (χ3v) is 7.62. The van der Waals surface area contributed by atoms with Crippen LogP contribution in [0.5, 0.6) is 0 Å². The van der Waals surface area contributed by atoms with E-state index in [-0.39, 0.29) is 17.8 Å². The van der Waals surface area contributed by atoms with E-state index in [9.17, 15) is 18.0 Å². The van der Waals surface area contributed by atoms with Crippen molar-refractivity contribution in [2.24, 2.45) is 0 Å². The minimum absolute atomic E-state index is 0.0896. The number of carbonyl (C=O) groups is 1. The number of carbonyl (C=O) groups excluding carboxylic acids is 1. The zero-order chi connectivity index (χ0) is 27.7. The third kappa shape index (κ3) is 6.51. The van der Waals surface area contributed by atoms with Gasteiger partial charge < -0.3 is 21.3 Å². The summed E-state index contributed by atoms with van der Waals surface area (Å²) in [6.07, 6.45) is -1.85. The number of nitrogens with two attached hydrogens (primary N) is 1. The van der Waals surface area contributed by atoms with E-state index in [4.69, 9.17) is 5.73 Å². The number of pyridine rings is 1. The SMILES string of the molecule is Cc1ccc(NC(=O)Nc2ccc(CN3CCN(C)CC3)c(C(F)(F)F)c2)cc1C1CC1c1ccnc(N)c1. The van der Waals surface area contributed by atoms with Crippen LogP contribution in [0.3, 0.4) is 0 Å². The van der Waals surface area contributed by atoms with E-state index in [0.29, 0.717) is 36.4 Å². The molecule has 10 heteroatoms. The van der Waals surface area contributed by atoms with E-state index in [1.54, 1.807) is 12.3 Å². The van der Waals surface area contributed by atoms with Crippen LogP contribution in [-0.4, -0.2) is 54.0 Å². The molecule has 4 N–H and O–H groups in total. The average Bonchev–Trinajstić information content (AvgIpc) is 3.68. The second-order valence-electron chi connectivity index (χ2n) is 10.6. The molecule has 206 valence electrons. The summed E-state index contributed by atoms with van der Waals surface area (Å²) in [5, 5.41) is 5.34. The van der Waals surface area contributed by atoms with Gasteiger partial charge >= 0.3 is 12.2 Å². The molecule has 0 spiro atoms. The van der Waals surface area contributed by atoms with Crippen molar-refractivity contribution in [3.05, 3.63) is 82.5 Å². The molecule has 2 atom stereocenters. The normalized spacial score (nSPS) is 20.0. The predicted molar refractivity (Wildman–Crippen MR) is 147 cm³/mol. The minimum Gasteiger partial charge on any atom is -0.384 e. The van der Waals surface area contributed by atoms with Crippen molar-refractivity contribution in [2.75, 3.05) is 49.6 Å². The van der Waals surface area contributed by atoms with Crippen LogP contribution in [0.25, 0.3) is 0 Å². The van der Waals surface area contributed by atoms with Crippen molar-refractivity contribution in [3.63, 3.8) is 0 Å². The van der Waals surface area contributed by atoms with E-state index < -0.39 is 17.8 Å². The maximum Gasteiger partial charge on any atom is 0.416 e. The number of piperazine rings is 1. The van der Waals surface area contributed by atoms with Gasteiger partial charge in [0.05, 0.1) is 5.56 Å². The fourth-order valence-electron chi connectivity index (χ4n) is 5.32. The second-order valence-corrected chi connectivity index (χ2v) is 10.6. The van der Waals surface area contributed by atoms with Gasteiger partial charge in [0.2, 0.25) is 0 Å². The smallest absolute Gasteiger partial charge is 0.384 e. The Morgan fingerprint density at radius 1 is 1.00 bits per heavy atom. The number of amides is 2. The van der Waals surface area contributed by atoms with Gasteiger partial charge in [-0.15, -0.1) is 0 Å². The zero-order valence-corrected chi connectivity index (χ0v) is 22.1. The number of hydrogen-bond acceptors (Lipinski definition) is 5. The molecule has 0 bridgehead atoms. The van der Waals surface area contributed by atoms with Crippen molar-refractivity contribution in [1.82, 2.24) is 14.8 Å². The Labute approximate surface area is 226 Å². The number of halogens is 3. The van der Waals surface area contributed by atoms with E-state index in [2.05, 4.69) is 20.5 Å². The molecule has 2 aromatic carbocycles. The van der Waals surface area contributed by atoms with Crippen LogP contribution in [0.4, 0.5) is 35.2 Å². The molecule has 1 saturated carbocycles. The number of urea groups is 1. The lowest BCUT2D eigenvalue weighted by atomic mass is 10.00. The topological polar surface area (TPSA) is 86.5 Å². The summed E-state index contributed by atoms with van der Waals surface area (Å²) >= 11 is 0. The zero-order valence-electron chi connectivity index (χ0n) is 22.1. The number of likely N-dealkylation sites (N-methyl/N-ethyl adjacent to an activating group) is 1. The monoisotopic (exact) mass is 538 g/mol. The van der Waals surface area contributed by atoms with E-state index >= 15 is 0 Å². The van der Waals surface area contributed by atoms with Gasteiger partial charge in [-0.05, 0) is 90.9 Å². The number of aromatic nitrogens is 1. The van der Waals surface area contributed by atoms with Gasteiger partial charge in [-0.3, -0.25) is 4.90 Å². The number of benzene rings is 2. The highest BCUT2D eigenvalue weighted by Gasteiger charge is 2.40. The molecule has 1 aromatic heterocycles. The Hall–Kier alpha value is -3.63. The molecule has 2 heterocycles. The average molecular weight is 539 g/mol. The fraction of sp³-hybridized carbons (Fsp3) is 0.379. The highest BCUT2D eigenvalue weighted by atomic mass is 19.4. The minimum atomic E-state index is -4.53. The number of nitrogen functional groups attached to an aromatic ring is 1. The van der Waals surface area contributed by atoms with Gasteiger partial charge in [0.1, 0.15) is 5.82 Å². The van der Waals surface area contributed by atoms with Gasteiger partial charge in [0.25, 0.3) is 0 Å². The molecule has 0 radical (unpaired) electrons. The summed E-state index contributed by atoms with van der Waals surface area (Å²) in [7, 11) is 2.00. The molecule has 39 heavy (non-hydrogen) atoms. The van der Waals surface area contributed by atoms with Crippen molar-refractivity contribution >= 4 is 23.2 Å². The first-order valence-electron chi connectivity index (χ1n) is 13.1. The Morgan fingerprint density at radius 3 is 2.38 bits per heavy atom. The van der Waals surface area contributed by atoms with Crippen LogP contribution in [0.15, 0.2) is 54.7 Å². The molecule has 1 aliphatic carbocycles. The molecule has 3 aromatic rings. The van der Waals surface area contributed by atoms with Gasteiger partial charge in [-0.1, -0.05) is 12.1 Å². The first-order valence-corrected chi connectivity index (χ1v) is 13.1. The Balaban J connectivity index is 1.26. The lowest BCUT2D eigenvalue weighted by Crippen LogP contribution is -2.44. The van der Waals surface area contributed by atoms with Crippen molar-refractivity contribution in [1.29, 1.82) is 0 Å². The number of anilines is 3. The number of rotatable bonds is 6. The molecule has 2 unspecified atom stereocenters. The molecule has 1 saturated heterocycles. The van der Waals surface area contributed by atoms with Crippen LogP contribution in [0.2, 0.25) is 0 Å². The molecule has 2 aliphatic rings. The predicted octanol–water partition coefficient (Wildman–Crippen LogP) is 5.65. The lowest BCUT2D eigenvalue weighted by molar-refractivity contribution is -0.138. The molecule has 7 nitrogen and oxygen atoms in total. The summed E-state index contributed by atoms with van der Waals surface area (Å²) < 4.78 is 41.7. The number of aryl methyl sites for hydroxylation is 1. The van der Waals surface area contributed by atoms with Crippen LogP contribution in [0, 0.1) is 6.92 Å². The maximum atomic E-state index is 13.9. The van der Waals surface area contributed by atoms with Crippen molar-refractivity contribution in [2.45, 2.75) is 37.9 Å². The summed E-state index contributed by atoms with van der Waals surface area (Å²) in [5.74, 6) is 1.13. The van der Waals surface area contributed by atoms with Crippen LogP contribution in [-0.2, 0) is 12.7 Å². The molecule has 2 fully saturated rings. The molecular weight excluding hydrogens is 505 g/mol. The first kappa shape index (κ1) is 27.0. The van der Waals surface area contributed by atoms with E-state index in [0.717, 1.165) is 42.3 Å². The Morgan fingerprint density at radius 2 is 1.69 bits per heavy atom. The summed E-state index contributed by atoms with van der Waals surface area (Å²) in [4.78, 5) is 21.0. The van der Waals surface area contributed by atoms with Crippen LogP contribution < -0.4 is 16.4 Å². The van der Waals surface area contributed by atoms with Gasteiger partial charge in [0, 0.05) is 50.3 Å². The van der Waals surface area contributed by atoms with Gasteiger partial charge in [-0.2, -0.15) is 13.2 Å². The summed E-state index contributed by atoms with van der Waals surface area (Å²) in [6, 6.07) is 12.9. The van der Waals surface area contributed by atoms with Crippen molar-refractivity contribution < 1.29 is 18.0 Å². The first-order chi connectivity index (χ1) is 18.6. The highest BCUT2D eigenvalue weighted by Crippen LogP contribution is 2.55. The summed E-state index contributed by atoms with van der Waals surface area (Å²) in [5.41, 5.74) is 9.36. The summed E-state index contributed by atoms with van der Waals surface area (Å²) in [6.45, 7) is 5.32. The standard InChI is InChI=1S/C29H33F3N6O/c1-18-3-5-21(14-23(18)25-16-24(25)19-7-8-34-27(33)13-19)35-28(39)36-22-6-4-20(26(15-22)29(30,31)32)17-38-11-9-37(2)10-12-38/h3-8,13-15,24-25H,9-12,16-17H2,1-2H3,(H2,33,34)(H2,35,36,39). The van der Waals surface area contributed by atoms with Crippen molar-refractivity contribution in [3.8, 4) is 0 Å². The van der Waals surface area contributed by atoms with E-state index in [1.807, 2.05) is 43.1 Å². The van der Waals surface area contributed by atoms with E-state index in [1.165, 1.54) is 12.1 Å². The lowest BCUT2D eigenvalue weighted by Gasteiger charge is -2.33. The largest absolute Gasteiger partial charge is 0.416 e.